The summed E-state index contributed by atoms with van der Waals surface area (Å²) in [6.07, 6.45) is 0.665. The largest absolute Gasteiger partial charge is 0.325 e. The number of rotatable bonds is 5. The summed E-state index contributed by atoms with van der Waals surface area (Å²) in [5.41, 5.74) is 3.70. The third-order valence-electron chi connectivity index (χ3n) is 4.96. The van der Waals surface area contributed by atoms with Crippen molar-refractivity contribution in [3.05, 3.63) is 83.4 Å². The van der Waals surface area contributed by atoms with Gasteiger partial charge in [0.1, 0.15) is 0 Å². The summed E-state index contributed by atoms with van der Waals surface area (Å²) in [5, 5.41) is 2.65. The summed E-state index contributed by atoms with van der Waals surface area (Å²) in [6, 6.07) is 20.1. The molecule has 1 amide bonds. The van der Waals surface area contributed by atoms with E-state index in [4.69, 9.17) is 0 Å². The summed E-state index contributed by atoms with van der Waals surface area (Å²) < 4.78 is 28.5. The number of hydrogen-bond acceptors (Lipinski definition) is 4. The van der Waals surface area contributed by atoms with Crippen LogP contribution in [0.1, 0.15) is 16.7 Å². The van der Waals surface area contributed by atoms with Gasteiger partial charge in [0.25, 0.3) is 10.0 Å². The van der Waals surface area contributed by atoms with Crippen molar-refractivity contribution in [3.63, 3.8) is 0 Å². The van der Waals surface area contributed by atoms with Crippen LogP contribution in [0.3, 0.4) is 0 Å². The molecular formula is C23H22N2O3S2. The van der Waals surface area contributed by atoms with Crippen molar-refractivity contribution >= 4 is 39.1 Å². The van der Waals surface area contributed by atoms with Gasteiger partial charge in [0, 0.05) is 16.3 Å². The van der Waals surface area contributed by atoms with Crippen LogP contribution in [0.15, 0.2) is 76.5 Å². The molecule has 30 heavy (non-hydrogen) atoms. The van der Waals surface area contributed by atoms with E-state index in [9.17, 15) is 13.2 Å². The molecule has 2 N–H and O–H groups in total. The topological polar surface area (TPSA) is 75.3 Å². The Morgan fingerprint density at radius 2 is 1.77 bits per heavy atom. The fourth-order valence-electron chi connectivity index (χ4n) is 3.44. The van der Waals surface area contributed by atoms with E-state index in [0.717, 1.165) is 16.0 Å². The Bertz CT molecular complexity index is 1200. The number of anilines is 2. The lowest BCUT2D eigenvalue weighted by Crippen LogP contribution is -2.25. The normalized spacial score (nSPS) is 15.5. The zero-order valence-corrected chi connectivity index (χ0v) is 18.3. The van der Waals surface area contributed by atoms with Crippen molar-refractivity contribution in [2.24, 2.45) is 0 Å². The molecule has 0 saturated heterocycles. The highest BCUT2D eigenvalue weighted by atomic mass is 32.2. The van der Waals surface area contributed by atoms with Gasteiger partial charge in [0.15, 0.2) is 0 Å². The van der Waals surface area contributed by atoms with E-state index in [1.807, 2.05) is 37.3 Å². The van der Waals surface area contributed by atoms with Crippen LogP contribution in [0.25, 0.3) is 0 Å². The number of sulfonamides is 1. The first kappa shape index (κ1) is 20.5. The van der Waals surface area contributed by atoms with Gasteiger partial charge in [0.2, 0.25) is 5.91 Å². The van der Waals surface area contributed by atoms with Crippen molar-refractivity contribution in [2.75, 3.05) is 10.0 Å². The van der Waals surface area contributed by atoms with Gasteiger partial charge < -0.3 is 5.32 Å². The average Bonchev–Trinajstić information content (AvgIpc) is 3.13. The molecule has 1 atom stereocenters. The van der Waals surface area contributed by atoms with E-state index >= 15 is 0 Å². The fourth-order valence-corrected chi connectivity index (χ4v) is 5.95. The quantitative estimate of drug-likeness (QED) is 0.602. The molecule has 0 saturated carbocycles. The first-order valence-corrected chi connectivity index (χ1v) is 11.9. The SMILES string of the molecule is Cc1cccc(NS(=O)(=O)c2cc(NC(=O)C3Cc4ccccc4S3)ccc2C)c1. The van der Waals surface area contributed by atoms with Crippen molar-refractivity contribution in [1.82, 2.24) is 0 Å². The van der Waals surface area contributed by atoms with Gasteiger partial charge in [-0.15, -0.1) is 11.8 Å². The molecule has 5 nitrogen and oxygen atoms in total. The van der Waals surface area contributed by atoms with Crippen LogP contribution >= 0.6 is 11.8 Å². The fraction of sp³-hybridized carbons (Fsp3) is 0.174. The van der Waals surface area contributed by atoms with Crippen LogP contribution in [0.5, 0.6) is 0 Å². The number of carbonyl (C=O) groups excluding carboxylic acids is 1. The maximum absolute atomic E-state index is 12.9. The second-order valence-electron chi connectivity index (χ2n) is 7.36. The third kappa shape index (κ3) is 4.37. The lowest BCUT2D eigenvalue weighted by Gasteiger charge is -2.14. The Balaban J connectivity index is 1.52. The minimum absolute atomic E-state index is 0.130. The zero-order chi connectivity index (χ0) is 21.3. The van der Waals surface area contributed by atoms with E-state index in [0.29, 0.717) is 23.4 Å². The van der Waals surface area contributed by atoms with Gasteiger partial charge in [-0.05, 0) is 67.3 Å². The second-order valence-corrected chi connectivity index (χ2v) is 10.3. The highest BCUT2D eigenvalue weighted by molar-refractivity contribution is 8.01. The van der Waals surface area contributed by atoms with Gasteiger partial charge >= 0.3 is 0 Å². The van der Waals surface area contributed by atoms with Crippen LogP contribution in [0.4, 0.5) is 11.4 Å². The Morgan fingerprint density at radius 1 is 0.967 bits per heavy atom. The van der Waals surface area contributed by atoms with E-state index in [1.165, 1.54) is 17.8 Å². The monoisotopic (exact) mass is 438 g/mol. The summed E-state index contributed by atoms with van der Waals surface area (Å²) in [6.45, 7) is 3.64. The molecule has 0 aliphatic carbocycles. The van der Waals surface area contributed by atoms with Crippen LogP contribution in [-0.4, -0.2) is 19.6 Å². The summed E-state index contributed by atoms with van der Waals surface area (Å²) in [7, 11) is -3.79. The van der Waals surface area contributed by atoms with Crippen LogP contribution < -0.4 is 10.0 Å². The van der Waals surface area contributed by atoms with Crippen LogP contribution in [0, 0.1) is 13.8 Å². The maximum Gasteiger partial charge on any atom is 0.262 e. The molecule has 0 bridgehead atoms. The summed E-state index contributed by atoms with van der Waals surface area (Å²) in [5.74, 6) is -0.130. The van der Waals surface area contributed by atoms with Crippen LogP contribution in [0.2, 0.25) is 0 Å². The number of thioether (sulfide) groups is 1. The minimum Gasteiger partial charge on any atom is -0.325 e. The number of aryl methyl sites for hydroxylation is 2. The molecule has 4 rings (SSSR count). The van der Waals surface area contributed by atoms with E-state index in [1.54, 1.807) is 37.3 Å². The zero-order valence-electron chi connectivity index (χ0n) is 16.7. The number of hydrogen-bond donors (Lipinski definition) is 2. The summed E-state index contributed by atoms with van der Waals surface area (Å²) >= 11 is 1.54. The molecule has 0 radical (unpaired) electrons. The van der Waals surface area contributed by atoms with Gasteiger partial charge in [-0.25, -0.2) is 8.42 Å². The summed E-state index contributed by atoms with van der Waals surface area (Å²) in [4.78, 5) is 14.0. The predicted molar refractivity (Wildman–Crippen MR) is 122 cm³/mol. The lowest BCUT2D eigenvalue weighted by molar-refractivity contribution is -0.115. The number of nitrogens with one attached hydrogen (secondary N) is 2. The van der Waals surface area contributed by atoms with Gasteiger partial charge in [-0.1, -0.05) is 36.4 Å². The molecule has 1 unspecified atom stereocenters. The van der Waals surface area contributed by atoms with Gasteiger partial charge in [-0.3, -0.25) is 9.52 Å². The van der Waals surface area contributed by atoms with Crippen molar-refractivity contribution in [2.45, 2.75) is 35.3 Å². The van der Waals surface area contributed by atoms with E-state index in [-0.39, 0.29) is 16.1 Å². The highest BCUT2D eigenvalue weighted by Gasteiger charge is 2.28. The number of fused-ring (bicyclic) bond motifs is 1. The molecular weight excluding hydrogens is 416 g/mol. The first-order chi connectivity index (χ1) is 14.3. The van der Waals surface area contributed by atoms with Crippen molar-refractivity contribution in [1.29, 1.82) is 0 Å². The maximum atomic E-state index is 12.9. The molecule has 1 heterocycles. The standard InChI is InChI=1S/C23H22N2O3S2/c1-15-6-5-8-19(12-15)25-30(27,28)22-14-18(11-10-16(22)2)24-23(26)21-13-17-7-3-4-9-20(17)29-21/h3-12,14,21,25H,13H2,1-2H3,(H,24,26). The molecule has 0 fully saturated rings. The lowest BCUT2D eigenvalue weighted by atomic mass is 10.1. The van der Waals surface area contributed by atoms with Gasteiger partial charge in [-0.2, -0.15) is 0 Å². The molecule has 1 aliphatic rings. The van der Waals surface area contributed by atoms with Gasteiger partial charge in [0.05, 0.1) is 10.1 Å². The number of carbonyl (C=O) groups is 1. The Labute approximate surface area is 181 Å². The molecule has 154 valence electrons. The Hall–Kier alpha value is -2.77. The first-order valence-electron chi connectivity index (χ1n) is 9.57. The van der Waals surface area contributed by atoms with E-state index in [2.05, 4.69) is 10.0 Å². The van der Waals surface area contributed by atoms with E-state index < -0.39 is 10.0 Å². The molecule has 3 aromatic rings. The third-order valence-corrected chi connectivity index (χ3v) is 7.80. The average molecular weight is 439 g/mol. The Kier molecular flexibility index (Phi) is 5.58. The molecule has 0 spiro atoms. The number of amides is 1. The Morgan fingerprint density at radius 3 is 2.53 bits per heavy atom. The van der Waals surface area contributed by atoms with Crippen molar-refractivity contribution < 1.29 is 13.2 Å². The van der Waals surface area contributed by atoms with Crippen molar-refractivity contribution in [3.8, 4) is 0 Å². The molecule has 0 aromatic heterocycles. The molecule has 1 aliphatic heterocycles. The number of benzene rings is 3. The highest BCUT2D eigenvalue weighted by Crippen LogP contribution is 2.37. The minimum atomic E-state index is -3.79. The smallest absolute Gasteiger partial charge is 0.262 e. The van der Waals surface area contributed by atoms with Crippen LogP contribution in [-0.2, 0) is 21.2 Å². The second kappa shape index (κ2) is 8.16. The molecule has 3 aromatic carbocycles. The molecule has 7 heteroatoms. The predicted octanol–water partition coefficient (Wildman–Crippen LogP) is 4.76.